The van der Waals surface area contributed by atoms with Crippen molar-refractivity contribution < 1.29 is 4.79 Å². The van der Waals surface area contributed by atoms with Crippen LogP contribution < -0.4 is 10.6 Å². The molecular formula is C16H16N4O. The second-order valence-corrected chi connectivity index (χ2v) is 4.54. The summed E-state index contributed by atoms with van der Waals surface area (Å²) in [6, 6.07) is 7.15. The molecular weight excluding hydrogens is 264 g/mol. The Hall–Kier alpha value is -2.87. The van der Waals surface area contributed by atoms with Gasteiger partial charge in [-0.1, -0.05) is 5.92 Å². The second-order valence-electron chi connectivity index (χ2n) is 4.54. The predicted molar refractivity (Wildman–Crippen MR) is 83.8 cm³/mol. The Morgan fingerprint density at radius 2 is 2.05 bits per heavy atom. The highest BCUT2D eigenvalue weighted by molar-refractivity contribution is 5.94. The summed E-state index contributed by atoms with van der Waals surface area (Å²) < 4.78 is 0. The van der Waals surface area contributed by atoms with Gasteiger partial charge in [-0.3, -0.25) is 4.79 Å². The first kappa shape index (κ1) is 14.5. The van der Waals surface area contributed by atoms with Gasteiger partial charge in [-0.05, 0) is 38.1 Å². The number of hydrogen-bond acceptors (Lipinski definition) is 5. The van der Waals surface area contributed by atoms with E-state index in [1.54, 1.807) is 18.3 Å². The molecule has 106 valence electrons. The van der Waals surface area contributed by atoms with Gasteiger partial charge in [-0.15, -0.1) is 6.42 Å². The average Bonchev–Trinajstić information content (AvgIpc) is 2.48. The van der Waals surface area contributed by atoms with Crippen molar-refractivity contribution in [3.05, 3.63) is 41.6 Å². The number of aryl methyl sites for hydroxylation is 1. The summed E-state index contributed by atoms with van der Waals surface area (Å²) in [6.07, 6.45) is 6.95. The third kappa shape index (κ3) is 3.80. The Kier molecular flexibility index (Phi) is 4.52. The molecule has 5 heteroatoms. The quantitative estimate of drug-likeness (QED) is 0.651. The van der Waals surface area contributed by atoms with Gasteiger partial charge in [-0.2, -0.15) is 4.98 Å². The fourth-order valence-electron chi connectivity index (χ4n) is 1.73. The van der Waals surface area contributed by atoms with E-state index in [-0.39, 0.29) is 5.78 Å². The largest absolute Gasteiger partial charge is 0.359 e. The lowest BCUT2D eigenvalue weighted by atomic mass is 10.1. The number of anilines is 3. The van der Waals surface area contributed by atoms with Crippen LogP contribution in [0, 0.1) is 19.3 Å². The molecule has 0 unspecified atom stereocenters. The SMILES string of the molecule is C#CCNc1nc(Nc2ccc(C(C)=O)cc2)ncc1C. The minimum absolute atomic E-state index is 0.0360. The third-order valence-corrected chi connectivity index (χ3v) is 2.88. The molecule has 0 aliphatic carbocycles. The fraction of sp³-hybridized carbons (Fsp3) is 0.188. The van der Waals surface area contributed by atoms with E-state index in [9.17, 15) is 4.79 Å². The second kappa shape index (κ2) is 6.53. The van der Waals surface area contributed by atoms with Crippen molar-refractivity contribution in [2.24, 2.45) is 0 Å². The lowest BCUT2D eigenvalue weighted by Crippen LogP contribution is -2.06. The van der Waals surface area contributed by atoms with E-state index in [2.05, 4.69) is 26.5 Å². The number of rotatable bonds is 5. The van der Waals surface area contributed by atoms with Crippen molar-refractivity contribution in [1.29, 1.82) is 0 Å². The number of carbonyl (C=O) groups excluding carboxylic acids is 1. The fourth-order valence-corrected chi connectivity index (χ4v) is 1.73. The lowest BCUT2D eigenvalue weighted by molar-refractivity contribution is 0.101. The number of terminal acetylenes is 1. The molecule has 0 spiro atoms. The van der Waals surface area contributed by atoms with Crippen molar-refractivity contribution in [1.82, 2.24) is 9.97 Å². The number of aromatic nitrogens is 2. The molecule has 2 N–H and O–H groups in total. The monoisotopic (exact) mass is 280 g/mol. The van der Waals surface area contributed by atoms with Crippen LogP contribution in [0.4, 0.5) is 17.5 Å². The van der Waals surface area contributed by atoms with Crippen LogP contribution >= 0.6 is 0 Å². The predicted octanol–water partition coefficient (Wildman–Crippen LogP) is 2.78. The van der Waals surface area contributed by atoms with Crippen molar-refractivity contribution in [3.63, 3.8) is 0 Å². The summed E-state index contributed by atoms with van der Waals surface area (Å²) >= 11 is 0. The molecule has 2 aromatic rings. The van der Waals surface area contributed by atoms with Crippen LogP contribution in [0.2, 0.25) is 0 Å². The first-order valence-corrected chi connectivity index (χ1v) is 6.49. The molecule has 0 bridgehead atoms. The highest BCUT2D eigenvalue weighted by Crippen LogP contribution is 2.17. The minimum atomic E-state index is 0.0360. The summed E-state index contributed by atoms with van der Waals surface area (Å²) in [5.74, 6) is 3.71. The molecule has 2 rings (SSSR count). The van der Waals surface area contributed by atoms with Crippen LogP contribution in [0.5, 0.6) is 0 Å². The number of Topliss-reactive ketones (excluding diaryl/α,β-unsaturated/α-hetero) is 1. The van der Waals surface area contributed by atoms with Gasteiger partial charge >= 0.3 is 0 Å². The number of hydrogen-bond donors (Lipinski definition) is 2. The lowest BCUT2D eigenvalue weighted by Gasteiger charge is -2.09. The van der Waals surface area contributed by atoms with E-state index < -0.39 is 0 Å². The van der Waals surface area contributed by atoms with Gasteiger partial charge < -0.3 is 10.6 Å². The standard InChI is InChI=1S/C16H16N4O/c1-4-9-17-15-11(2)10-18-16(20-15)19-14-7-5-13(6-8-14)12(3)21/h1,5-8,10H,9H2,2-3H3,(H2,17,18,19,20). The van der Waals surface area contributed by atoms with Gasteiger partial charge in [-0.25, -0.2) is 4.98 Å². The molecule has 1 heterocycles. The molecule has 0 aliphatic rings. The molecule has 1 aromatic carbocycles. The maximum atomic E-state index is 11.2. The molecule has 1 aromatic heterocycles. The topological polar surface area (TPSA) is 66.9 Å². The van der Waals surface area contributed by atoms with Crippen LogP contribution in [0.25, 0.3) is 0 Å². The Morgan fingerprint density at radius 3 is 2.67 bits per heavy atom. The maximum absolute atomic E-state index is 11.2. The number of nitrogens with zero attached hydrogens (tertiary/aromatic N) is 2. The molecule has 5 nitrogen and oxygen atoms in total. The van der Waals surface area contributed by atoms with E-state index in [4.69, 9.17) is 6.42 Å². The molecule has 0 saturated heterocycles. The van der Waals surface area contributed by atoms with Gasteiger partial charge in [0.05, 0.1) is 6.54 Å². The normalized spacial score (nSPS) is 9.76. The van der Waals surface area contributed by atoms with E-state index in [1.165, 1.54) is 6.92 Å². The van der Waals surface area contributed by atoms with Crippen molar-refractivity contribution in [2.45, 2.75) is 13.8 Å². The summed E-state index contributed by atoms with van der Waals surface area (Å²) in [4.78, 5) is 19.8. The molecule has 0 fully saturated rings. The zero-order chi connectivity index (χ0) is 15.2. The highest BCUT2D eigenvalue weighted by Gasteiger charge is 2.04. The Balaban J connectivity index is 2.15. The average molecular weight is 280 g/mol. The zero-order valence-electron chi connectivity index (χ0n) is 12.0. The molecule has 0 aliphatic heterocycles. The van der Waals surface area contributed by atoms with Crippen LogP contribution in [0.3, 0.4) is 0 Å². The number of ketones is 1. The van der Waals surface area contributed by atoms with Crippen molar-refractivity contribution in [3.8, 4) is 12.3 Å². The third-order valence-electron chi connectivity index (χ3n) is 2.88. The minimum Gasteiger partial charge on any atom is -0.359 e. The number of carbonyl (C=O) groups is 1. The van der Waals surface area contributed by atoms with Gasteiger partial charge in [0.2, 0.25) is 5.95 Å². The van der Waals surface area contributed by atoms with Gasteiger partial charge in [0, 0.05) is 23.0 Å². The van der Waals surface area contributed by atoms with Gasteiger partial charge in [0.1, 0.15) is 5.82 Å². The first-order chi connectivity index (χ1) is 10.1. The molecule has 21 heavy (non-hydrogen) atoms. The highest BCUT2D eigenvalue weighted by atomic mass is 16.1. The molecule has 0 amide bonds. The van der Waals surface area contributed by atoms with Crippen molar-refractivity contribution >= 4 is 23.2 Å². The molecule has 0 radical (unpaired) electrons. The van der Waals surface area contributed by atoms with Crippen LogP contribution in [0.15, 0.2) is 30.5 Å². The van der Waals surface area contributed by atoms with E-state index >= 15 is 0 Å². The number of nitrogens with one attached hydrogen (secondary N) is 2. The smallest absolute Gasteiger partial charge is 0.229 e. The van der Waals surface area contributed by atoms with Gasteiger partial charge in [0.25, 0.3) is 0 Å². The first-order valence-electron chi connectivity index (χ1n) is 6.49. The van der Waals surface area contributed by atoms with Gasteiger partial charge in [0.15, 0.2) is 5.78 Å². The number of benzene rings is 1. The van der Waals surface area contributed by atoms with Crippen LogP contribution in [-0.4, -0.2) is 22.3 Å². The maximum Gasteiger partial charge on any atom is 0.229 e. The summed E-state index contributed by atoms with van der Waals surface area (Å²) in [6.45, 7) is 3.85. The van der Waals surface area contributed by atoms with Crippen LogP contribution in [-0.2, 0) is 0 Å². The Labute approximate surface area is 123 Å². The van der Waals surface area contributed by atoms with Crippen molar-refractivity contribution in [2.75, 3.05) is 17.2 Å². The zero-order valence-corrected chi connectivity index (χ0v) is 12.0. The van der Waals surface area contributed by atoms with E-state index in [0.717, 1.165) is 11.3 Å². The molecule has 0 atom stereocenters. The Morgan fingerprint density at radius 1 is 1.33 bits per heavy atom. The molecule has 0 saturated carbocycles. The van der Waals surface area contributed by atoms with E-state index in [1.807, 2.05) is 19.1 Å². The summed E-state index contributed by atoms with van der Waals surface area (Å²) in [5.41, 5.74) is 2.40. The summed E-state index contributed by atoms with van der Waals surface area (Å²) in [5, 5.41) is 6.13. The van der Waals surface area contributed by atoms with E-state index in [0.29, 0.717) is 23.9 Å². The summed E-state index contributed by atoms with van der Waals surface area (Å²) in [7, 11) is 0. The van der Waals surface area contributed by atoms with Crippen LogP contribution in [0.1, 0.15) is 22.8 Å². The Bertz CT molecular complexity index is 686.